The zero-order valence-electron chi connectivity index (χ0n) is 12.6. The van der Waals surface area contributed by atoms with Gasteiger partial charge in [-0.15, -0.1) is 11.3 Å². The number of sulfonamides is 1. The van der Waals surface area contributed by atoms with Gasteiger partial charge in [-0.25, -0.2) is 13.1 Å². The Morgan fingerprint density at radius 1 is 1.33 bits per heavy atom. The van der Waals surface area contributed by atoms with Crippen LogP contribution in [0.5, 0.6) is 0 Å². The van der Waals surface area contributed by atoms with Gasteiger partial charge in [-0.05, 0) is 54.7 Å². The van der Waals surface area contributed by atoms with Gasteiger partial charge in [0.1, 0.15) is 4.90 Å². The molecule has 2 rings (SSSR count). The Hall–Kier alpha value is -0.0800. The Kier molecular flexibility index (Phi) is 6.55. The van der Waals surface area contributed by atoms with E-state index in [9.17, 15) is 8.42 Å². The van der Waals surface area contributed by atoms with Crippen LogP contribution in [0.25, 0.3) is 0 Å². The predicted octanol–water partition coefficient (Wildman–Crippen LogP) is 2.59. The molecule has 0 atom stereocenters. The van der Waals surface area contributed by atoms with Crippen molar-refractivity contribution in [2.24, 2.45) is 5.92 Å². The van der Waals surface area contributed by atoms with Crippen LogP contribution in [0.4, 0.5) is 0 Å². The number of aryl methyl sites for hydroxylation is 1. The molecule has 1 aromatic heterocycles. The first-order chi connectivity index (χ1) is 10.0. The van der Waals surface area contributed by atoms with Gasteiger partial charge in [0.05, 0.1) is 0 Å². The molecule has 0 bridgehead atoms. The van der Waals surface area contributed by atoms with Crippen LogP contribution < -0.4 is 10.0 Å². The molecule has 1 aromatic rings. The molecule has 1 aliphatic rings. The van der Waals surface area contributed by atoms with Gasteiger partial charge in [0.15, 0.2) is 0 Å². The van der Waals surface area contributed by atoms with Crippen molar-refractivity contribution in [3.05, 3.63) is 15.8 Å². The first kappa shape index (κ1) is 17.3. The van der Waals surface area contributed by atoms with Gasteiger partial charge in [0.2, 0.25) is 10.0 Å². The summed E-state index contributed by atoms with van der Waals surface area (Å²) in [6.45, 7) is 5.92. The summed E-state index contributed by atoms with van der Waals surface area (Å²) in [5.41, 5.74) is 0.847. The van der Waals surface area contributed by atoms with Crippen LogP contribution >= 0.6 is 23.1 Å². The lowest BCUT2D eigenvalue weighted by atomic mass is 10.0. The van der Waals surface area contributed by atoms with Crippen molar-refractivity contribution in [3.63, 3.8) is 0 Å². The van der Waals surface area contributed by atoms with Crippen LogP contribution in [0.1, 0.15) is 30.2 Å². The lowest BCUT2D eigenvalue weighted by Crippen LogP contribution is -2.32. The molecule has 0 aliphatic carbocycles. The van der Waals surface area contributed by atoms with Gasteiger partial charge >= 0.3 is 0 Å². The fraction of sp³-hybridized carbons (Fsp3) is 0.714. The van der Waals surface area contributed by atoms with Crippen LogP contribution in [-0.4, -0.2) is 33.0 Å². The van der Waals surface area contributed by atoms with E-state index in [1.165, 1.54) is 11.3 Å². The summed E-state index contributed by atoms with van der Waals surface area (Å²) >= 11 is 3.48. The van der Waals surface area contributed by atoms with Crippen LogP contribution in [-0.2, 0) is 16.6 Å². The third kappa shape index (κ3) is 4.69. The van der Waals surface area contributed by atoms with Gasteiger partial charge in [0.25, 0.3) is 0 Å². The molecule has 0 saturated carbocycles. The number of thioether (sulfide) groups is 1. The minimum absolute atomic E-state index is 0.484. The molecule has 0 radical (unpaired) electrons. The first-order valence-corrected chi connectivity index (χ1v) is 10.9. The topological polar surface area (TPSA) is 58.2 Å². The highest BCUT2D eigenvalue weighted by Crippen LogP contribution is 2.27. The van der Waals surface area contributed by atoms with Crippen LogP contribution in [0.15, 0.2) is 10.3 Å². The highest BCUT2D eigenvalue weighted by Gasteiger charge is 2.24. The van der Waals surface area contributed by atoms with Crippen molar-refractivity contribution in [2.45, 2.75) is 38.1 Å². The van der Waals surface area contributed by atoms with Crippen LogP contribution in [0, 0.1) is 12.8 Å². The summed E-state index contributed by atoms with van der Waals surface area (Å²) in [5.74, 6) is 2.78. The Labute approximate surface area is 136 Å². The van der Waals surface area contributed by atoms with Crippen molar-refractivity contribution >= 4 is 33.1 Å². The molecule has 1 fully saturated rings. The maximum atomic E-state index is 12.6. The molecule has 0 aromatic carbocycles. The molecule has 1 saturated heterocycles. The lowest BCUT2D eigenvalue weighted by molar-refractivity contribution is 0.476. The minimum atomic E-state index is -3.39. The second kappa shape index (κ2) is 7.97. The van der Waals surface area contributed by atoms with Crippen molar-refractivity contribution in [1.82, 2.24) is 10.0 Å². The maximum absolute atomic E-state index is 12.6. The van der Waals surface area contributed by atoms with Crippen molar-refractivity contribution in [1.29, 1.82) is 0 Å². The lowest BCUT2D eigenvalue weighted by Gasteiger charge is -2.21. The van der Waals surface area contributed by atoms with Crippen molar-refractivity contribution < 1.29 is 8.42 Å². The second-order valence-corrected chi connectivity index (χ2v) is 9.25. The third-order valence-corrected chi connectivity index (χ3v) is 7.63. The van der Waals surface area contributed by atoms with Gasteiger partial charge in [-0.2, -0.15) is 11.8 Å². The molecule has 21 heavy (non-hydrogen) atoms. The monoisotopic (exact) mass is 348 g/mol. The molecule has 120 valence electrons. The Morgan fingerprint density at radius 3 is 2.71 bits per heavy atom. The van der Waals surface area contributed by atoms with E-state index in [0.29, 0.717) is 23.9 Å². The zero-order valence-corrected chi connectivity index (χ0v) is 15.1. The van der Waals surface area contributed by atoms with E-state index in [4.69, 9.17) is 0 Å². The smallest absolute Gasteiger partial charge is 0.241 e. The number of nitrogens with one attached hydrogen (secondary N) is 2. The average Bonchev–Trinajstić information content (AvgIpc) is 2.86. The molecule has 0 unspecified atom stereocenters. The van der Waals surface area contributed by atoms with E-state index in [0.717, 1.165) is 41.3 Å². The zero-order chi connectivity index (χ0) is 15.3. The third-order valence-electron chi connectivity index (χ3n) is 3.70. The van der Waals surface area contributed by atoms with Gasteiger partial charge in [0, 0.05) is 18.0 Å². The summed E-state index contributed by atoms with van der Waals surface area (Å²) in [5, 5.41) is 5.14. The molecule has 2 heterocycles. The second-order valence-electron chi connectivity index (χ2n) is 5.36. The van der Waals surface area contributed by atoms with Crippen molar-refractivity contribution in [2.75, 3.05) is 24.6 Å². The van der Waals surface area contributed by atoms with Crippen LogP contribution in [0.2, 0.25) is 0 Å². The summed E-state index contributed by atoms with van der Waals surface area (Å²) < 4.78 is 28.0. The van der Waals surface area contributed by atoms with E-state index in [-0.39, 0.29) is 0 Å². The minimum Gasteiger partial charge on any atom is -0.312 e. The Balaban J connectivity index is 2.05. The highest BCUT2D eigenvalue weighted by atomic mass is 32.2. The predicted molar refractivity (Wildman–Crippen MR) is 91.7 cm³/mol. The number of rotatable bonds is 7. The standard InChI is InChI=1S/C14H24N2O2S3/c1-3-15-9-13-14(11(2)10-20-13)21(17,18)16-8-12-4-6-19-7-5-12/h10,12,15-16H,3-9H2,1-2H3. The normalized spacial score (nSPS) is 17.2. The SMILES string of the molecule is CCNCc1scc(C)c1S(=O)(=O)NCC1CCSCC1. The molecule has 0 spiro atoms. The van der Waals surface area contributed by atoms with Crippen LogP contribution in [0.3, 0.4) is 0 Å². The van der Waals surface area contributed by atoms with Gasteiger partial charge in [-0.1, -0.05) is 6.92 Å². The van der Waals surface area contributed by atoms with E-state index >= 15 is 0 Å². The van der Waals surface area contributed by atoms with E-state index < -0.39 is 10.0 Å². The van der Waals surface area contributed by atoms with Gasteiger partial charge in [-0.3, -0.25) is 0 Å². The summed E-state index contributed by atoms with van der Waals surface area (Å²) in [4.78, 5) is 1.39. The largest absolute Gasteiger partial charge is 0.312 e. The van der Waals surface area contributed by atoms with Gasteiger partial charge < -0.3 is 5.32 Å². The Morgan fingerprint density at radius 2 is 2.05 bits per heavy atom. The summed E-state index contributed by atoms with van der Waals surface area (Å²) in [6, 6.07) is 0. The fourth-order valence-corrected chi connectivity index (χ4v) is 6.56. The molecular weight excluding hydrogens is 324 g/mol. The molecular formula is C14H24N2O2S3. The molecule has 1 aliphatic heterocycles. The number of thiophene rings is 1. The molecule has 2 N–H and O–H groups in total. The van der Waals surface area contributed by atoms with Crippen molar-refractivity contribution in [3.8, 4) is 0 Å². The molecule has 0 amide bonds. The average molecular weight is 349 g/mol. The first-order valence-electron chi connectivity index (χ1n) is 7.39. The maximum Gasteiger partial charge on any atom is 0.241 e. The number of hydrogen-bond donors (Lipinski definition) is 2. The van der Waals surface area contributed by atoms with E-state index in [2.05, 4.69) is 10.0 Å². The summed E-state index contributed by atoms with van der Waals surface area (Å²) in [6.07, 6.45) is 2.22. The fourth-order valence-electron chi connectivity index (χ4n) is 2.46. The van der Waals surface area contributed by atoms with E-state index in [1.54, 1.807) is 0 Å². The van der Waals surface area contributed by atoms with E-state index in [1.807, 2.05) is 31.0 Å². The Bertz CT molecular complexity index is 549. The molecule has 7 heteroatoms. The molecule has 4 nitrogen and oxygen atoms in total. The number of hydrogen-bond acceptors (Lipinski definition) is 5. The summed E-state index contributed by atoms with van der Waals surface area (Å²) in [7, 11) is -3.39. The quantitative estimate of drug-likeness (QED) is 0.795. The highest BCUT2D eigenvalue weighted by molar-refractivity contribution is 7.99.